The van der Waals surface area contributed by atoms with Crippen LogP contribution in [0.25, 0.3) is 11.0 Å². The second kappa shape index (κ2) is 5.85. The van der Waals surface area contributed by atoms with Crippen LogP contribution in [0, 0.1) is 0 Å². The molecular formula is C14H23N7. The Hall–Kier alpha value is -1.89. The molecule has 3 rings (SSSR count). The minimum Gasteiger partial charge on any atom is -0.354 e. The summed E-state index contributed by atoms with van der Waals surface area (Å²) < 4.78 is 1.81. The van der Waals surface area contributed by atoms with Gasteiger partial charge >= 0.3 is 0 Å². The van der Waals surface area contributed by atoms with Crippen LogP contribution in [-0.2, 0) is 7.05 Å². The van der Waals surface area contributed by atoms with E-state index in [9.17, 15) is 0 Å². The molecule has 3 heterocycles. The third kappa shape index (κ3) is 2.78. The van der Waals surface area contributed by atoms with E-state index in [0.29, 0.717) is 5.95 Å². The lowest BCUT2D eigenvalue weighted by Gasteiger charge is -2.33. The molecule has 0 aliphatic carbocycles. The molecule has 0 aromatic carbocycles. The number of anilines is 2. The second-order valence-corrected chi connectivity index (χ2v) is 5.59. The predicted octanol–water partition coefficient (Wildman–Crippen LogP) is 0.937. The van der Waals surface area contributed by atoms with Gasteiger partial charge in [-0.25, -0.2) is 0 Å². The van der Waals surface area contributed by atoms with E-state index in [-0.39, 0.29) is 0 Å². The van der Waals surface area contributed by atoms with E-state index in [1.165, 1.54) is 0 Å². The monoisotopic (exact) mass is 289 g/mol. The molecule has 1 aliphatic heterocycles. The van der Waals surface area contributed by atoms with Crippen molar-refractivity contribution in [1.82, 2.24) is 24.6 Å². The van der Waals surface area contributed by atoms with Gasteiger partial charge in [0.25, 0.3) is 0 Å². The van der Waals surface area contributed by atoms with Gasteiger partial charge in [-0.1, -0.05) is 6.92 Å². The molecule has 0 bridgehead atoms. The molecule has 0 saturated carbocycles. The smallest absolute Gasteiger partial charge is 0.226 e. The maximum atomic E-state index is 4.73. The average Bonchev–Trinajstić information content (AvgIpc) is 2.87. The van der Waals surface area contributed by atoms with Gasteiger partial charge in [0.15, 0.2) is 5.65 Å². The van der Waals surface area contributed by atoms with Crippen molar-refractivity contribution in [2.45, 2.75) is 13.3 Å². The van der Waals surface area contributed by atoms with Crippen molar-refractivity contribution in [2.75, 3.05) is 50.0 Å². The van der Waals surface area contributed by atoms with Crippen LogP contribution in [-0.4, -0.2) is 64.4 Å². The van der Waals surface area contributed by atoms with E-state index in [1.54, 1.807) is 0 Å². The van der Waals surface area contributed by atoms with Crippen molar-refractivity contribution in [2.24, 2.45) is 7.05 Å². The summed E-state index contributed by atoms with van der Waals surface area (Å²) in [4.78, 5) is 14.0. The number of hydrogen-bond donors (Lipinski definition) is 1. The van der Waals surface area contributed by atoms with E-state index in [4.69, 9.17) is 4.98 Å². The molecule has 21 heavy (non-hydrogen) atoms. The molecular weight excluding hydrogens is 266 g/mol. The highest BCUT2D eigenvalue weighted by molar-refractivity contribution is 5.88. The van der Waals surface area contributed by atoms with E-state index in [1.807, 2.05) is 17.9 Å². The highest BCUT2D eigenvalue weighted by Crippen LogP contribution is 2.25. The van der Waals surface area contributed by atoms with Gasteiger partial charge in [-0.05, 0) is 13.5 Å². The minimum atomic E-state index is 0.696. The second-order valence-electron chi connectivity index (χ2n) is 5.59. The number of hydrogen-bond acceptors (Lipinski definition) is 6. The van der Waals surface area contributed by atoms with Gasteiger partial charge in [0.05, 0.1) is 11.6 Å². The fourth-order valence-electron chi connectivity index (χ4n) is 2.58. The van der Waals surface area contributed by atoms with Gasteiger partial charge in [-0.2, -0.15) is 15.1 Å². The van der Waals surface area contributed by atoms with Gasteiger partial charge in [0.2, 0.25) is 5.95 Å². The highest BCUT2D eigenvalue weighted by Gasteiger charge is 2.20. The highest BCUT2D eigenvalue weighted by atomic mass is 15.3. The number of nitrogens with zero attached hydrogens (tertiary/aromatic N) is 6. The van der Waals surface area contributed by atoms with Crippen LogP contribution in [0.15, 0.2) is 6.20 Å². The number of fused-ring (bicyclic) bond motifs is 1. The zero-order valence-corrected chi connectivity index (χ0v) is 13.0. The SMILES string of the molecule is CCCNc1nc(N2CCN(C)CC2)c2cnn(C)c2n1. The van der Waals surface area contributed by atoms with E-state index in [2.05, 4.69) is 39.2 Å². The number of likely N-dealkylation sites (N-methyl/N-ethyl adjacent to an activating group) is 1. The maximum absolute atomic E-state index is 4.73. The molecule has 2 aromatic rings. The normalized spacial score (nSPS) is 16.6. The van der Waals surface area contributed by atoms with Gasteiger partial charge in [-0.3, -0.25) is 4.68 Å². The third-order valence-corrected chi connectivity index (χ3v) is 3.91. The lowest BCUT2D eigenvalue weighted by atomic mass is 10.3. The molecule has 0 atom stereocenters. The molecule has 1 fully saturated rings. The van der Waals surface area contributed by atoms with Crippen LogP contribution in [0.5, 0.6) is 0 Å². The fraction of sp³-hybridized carbons (Fsp3) is 0.643. The molecule has 0 amide bonds. The zero-order valence-electron chi connectivity index (χ0n) is 13.0. The Labute approximate surface area is 125 Å². The van der Waals surface area contributed by atoms with Crippen molar-refractivity contribution < 1.29 is 0 Å². The summed E-state index contributed by atoms with van der Waals surface area (Å²) in [6.45, 7) is 7.12. The summed E-state index contributed by atoms with van der Waals surface area (Å²) in [6, 6.07) is 0. The van der Waals surface area contributed by atoms with Crippen LogP contribution in [0.1, 0.15) is 13.3 Å². The molecule has 1 N–H and O–H groups in total. The molecule has 7 heteroatoms. The topological polar surface area (TPSA) is 62.1 Å². The van der Waals surface area contributed by atoms with Gasteiger partial charge in [-0.15, -0.1) is 0 Å². The molecule has 0 radical (unpaired) electrons. The standard InChI is InChI=1S/C14H23N7/c1-4-5-15-14-17-12-11(10-16-20(12)3)13(18-14)21-8-6-19(2)7-9-21/h10H,4-9H2,1-3H3,(H,15,17,18). The Morgan fingerprint density at radius 2 is 1.90 bits per heavy atom. The first kappa shape index (κ1) is 14.1. The number of aromatic nitrogens is 4. The first-order valence-corrected chi connectivity index (χ1v) is 7.56. The van der Waals surface area contributed by atoms with E-state index < -0.39 is 0 Å². The van der Waals surface area contributed by atoms with Gasteiger partial charge < -0.3 is 15.1 Å². The molecule has 1 aliphatic rings. The predicted molar refractivity (Wildman–Crippen MR) is 84.8 cm³/mol. The molecule has 2 aromatic heterocycles. The number of piperazine rings is 1. The lowest BCUT2D eigenvalue weighted by Crippen LogP contribution is -2.45. The zero-order chi connectivity index (χ0) is 14.8. The van der Waals surface area contributed by atoms with Crippen molar-refractivity contribution >= 4 is 22.8 Å². The molecule has 0 spiro atoms. The Morgan fingerprint density at radius 3 is 2.62 bits per heavy atom. The van der Waals surface area contributed by atoms with Crippen LogP contribution < -0.4 is 10.2 Å². The van der Waals surface area contributed by atoms with E-state index >= 15 is 0 Å². The Kier molecular flexibility index (Phi) is 3.92. The number of nitrogens with one attached hydrogen (secondary N) is 1. The summed E-state index contributed by atoms with van der Waals surface area (Å²) in [5.74, 6) is 1.70. The van der Waals surface area contributed by atoms with E-state index in [0.717, 1.165) is 56.0 Å². The third-order valence-electron chi connectivity index (χ3n) is 3.91. The molecule has 0 unspecified atom stereocenters. The lowest BCUT2D eigenvalue weighted by molar-refractivity contribution is 0.312. The number of aryl methyl sites for hydroxylation is 1. The summed E-state index contributed by atoms with van der Waals surface area (Å²) in [6.07, 6.45) is 2.92. The quantitative estimate of drug-likeness (QED) is 0.904. The van der Waals surface area contributed by atoms with Crippen molar-refractivity contribution in [1.29, 1.82) is 0 Å². The van der Waals surface area contributed by atoms with Crippen molar-refractivity contribution in [3.63, 3.8) is 0 Å². The Bertz CT molecular complexity index is 613. The first-order chi connectivity index (χ1) is 10.2. The molecule has 7 nitrogen and oxygen atoms in total. The van der Waals surface area contributed by atoms with Crippen LogP contribution in [0.3, 0.4) is 0 Å². The fourth-order valence-corrected chi connectivity index (χ4v) is 2.58. The molecule has 1 saturated heterocycles. The Morgan fingerprint density at radius 1 is 1.14 bits per heavy atom. The Balaban J connectivity index is 1.98. The van der Waals surface area contributed by atoms with Gasteiger partial charge in [0, 0.05) is 39.8 Å². The molecule has 114 valence electrons. The van der Waals surface area contributed by atoms with Crippen molar-refractivity contribution in [3.8, 4) is 0 Å². The minimum absolute atomic E-state index is 0.696. The van der Waals surface area contributed by atoms with Crippen LogP contribution >= 0.6 is 0 Å². The van der Waals surface area contributed by atoms with Crippen LogP contribution in [0.4, 0.5) is 11.8 Å². The number of rotatable bonds is 4. The summed E-state index contributed by atoms with van der Waals surface area (Å²) in [5.41, 5.74) is 0.887. The maximum Gasteiger partial charge on any atom is 0.226 e. The first-order valence-electron chi connectivity index (χ1n) is 7.56. The summed E-state index contributed by atoms with van der Waals surface area (Å²) in [7, 11) is 4.08. The van der Waals surface area contributed by atoms with Gasteiger partial charge in [0.1, 0.15) is 5.82 Å². The largest absolute Gasteiger partial charge is 0.354 e. The summed E-state index contributed by atoms with van der Waals surface area (Å²) in [5, 5.41) is 8.66. The summed E-state index contributed by atoms with van der Waals surface area (Å²) >= 11 is 0. The van der Waals surface area contributed by atoms with Crippen LogP contribution in [0.2, 0.25) is 0 Å². The average molecular weight is 289 g/mol. The van der Waals surface area contributed by atoms with Crippen molar-refractivity contribution in [3.05, 3.63) is 6.20 Å².